The molecule has 0 amide bonds. The third-order valence-corrected chi connectivity index (χ3v) is 3.42. The highest BCUT2D eigenvalue weighted by Gasteiger charge is 2.04. The fourth-order valence-electron chi connectivity index (χ4n) is 2.40. The number of hydrogen-bond acceptors (Lipinski definition) is 2. The Labute approximate surface area is 118 Å². The van der Waals surface area contributed by atoms with Crippen molar-refractivity contribution < 1.29 is 9.84 Å². The molecule has 0 unspecified atom stereocenters. The van der Waals surface area contributed by atoms with Gasteiger partial charge in [-0.2, -0.15) is 0 Å². The molecule has 1 N–H and O–H groups in total. The van der Waals surface area contributed by atoms with Gasteiger partial charge < -0.3 is 14.4 Å². The first-order valence-corrected chi connectivity index (χ1v) is 6.74. The van der Waals surface area contributed by atoms with Gasteiger partial charge in [-0.25, -0.2) is 0 Å². The summed E-state index contributed by atoms with van der Waals surface area (Å²) in [6.45, 7) is 1.48. The van der Waals surface area contributed by atoms with Crippen LogP contribution < -0.4 is 4.74 Å². The number of aliphatic hydroxyl groups excluding tert-OH is 1. The predicted molar refractivity (Wildman–Crippen MR) is 79.8 cm³/mol. The molecule has 3 aromatic rings. The second-order valence-electron chi connectivity index (χ2n) is 4.68. The SMILES string of the molecule is OCc1cccc2c1ccn2CCOc1ccccc1. The maximum absolute atomic E-state index is 9.34. The fraction of sp³-hybridized carbons (Fsp3) is 0.176. The average molecular weight is 267 g/mol. The number of aromatic nitrogens is 1. The van der Waals surface area contributed by atoms with E-state index in [4.69, 9.17) is 4.74 Å². The summed E-state index contributed by atoms with van der Waals surface area (Å²) in [7, 11) is 0. The van der Waals surface area contributed by atoms with E-state index in [0.717, 1.165) is 28.8 Å². The lowest BCUT2D eigenvalue weighted by molar-refractivity contribution is 0.283. The van der Waals surface area contributed by atoms with Crippen LogP contribution in [0.5, 0.6) is 5.75 Å². The fourth-order valence-corrected chi connectivity index (χ4v) is 2.40. The van der Waals surface area contributed by atoms with E-state index < -0.39 is 0 Å². The van der Waals surface area contributed by atoms with E-state index in [-0.39, 0.29) is 6.61 Å². The van der Waals surface area contributed by atoms with Crippen LogP contribution in [0.4, 0.5) is 0 Å². The van der Waals surface area contributed by atoms with Gasteiger partial charge in [0.15, 0.2) is 0 Å². The van der Waals surface area contributed by atoms with Crippen LogP contribution in [0.15, 0.2) is 60.8 Å². The van der Waals surface area contributed by atoms with Crippen molar-refractivity contribution >= 4 is 10.9 Å². The molecule has 0 aliphatic rings. The highest BCUT2D eigenvalue weighted by atomic mass is 16.5. The Kier molecular flexibility index (Phi) is 3.70. The van der Waals surface area contributed by atoms with E-state index in [1.807, 2.05) is 54.7 Å². The molecule has 1 heterocycles. The Morgan fingerprint density at radius 1 is 0.950 bits per heavy atom. The Hall–Kier alpha value is -2.26. The van der Waals surface area contributed by atoms with Crippen molar-refractivity contribution in [3.63, 3.8) is 0 Å². The van der Waals surface area contributed by atoms with E-state index in [9.17, 15) is 5.11 Å². The standard InChI is InChI=1S/C17H17NO2/c19-13-14-5-4-8-17-16(14)9-10-18(17)11-12-20-15-6-2-1-3-7-15/h1-10,19H,11-13H2. The summed E-state index contributed by atoms with van der Waals surface area (Å²) in [4.78, 5) is 0. The molecule has 3 heteroatoms. The van der Waals surface area contributed by atoms with E-state index in [1.54, 1.807) is 0 Å². The van der Waals surface area contributed by atoms with E-state index >= 15 is 0 Å². The maximum atomic E-state index is 9.34. The molecule has 0 atom stereocenters. The first-order valence-electron chi connectivity index (χ1n) is 6.74. The van der Waals surface area contributed by atoms with Gasteiger partial charge in [0.2, 0.25) is 0 Å². The lowest BCUT2D eigenvalue weighted by atomic mass is 10.1. The van der Waals surface area contributed by atoms with Gasteiger partial charge in [0.25, 0.3) is 0 Å². The van der Waals surface area contributed by atoms with Crippen molar-refractivity contribution in [3.8, 4) is 5.75 Å². The Bertz CT molecular complexity index is 689. The zero-order valence-electron chi connectivity index (χ0n) is 11.2. The molecule has 0 aliphatic heterocycles. The van der Waals surface area contributed by atoms with Crippen LogP contribution in [0, 0.1) is 0 Å². The normalized spacial score (nSPS) is 10.8. The van der Waals surface area contributed by atoms with Gasteiger partial charge in [-0.1, -0.05) is 30.3 Å². The zero-order chi connectivity index (χ0) is 13.8. The van der Waals surface area contributed by atoms with Crippen molar-refractivity contribution in [2.24, 2.45) is 0 Å². The first kappa shape index (κ1) is 12.8. The summed E-state index contributed by atoms with van der Waals surface area (Å²) < 4.78 is 7.86. The molecule has 0 saturated carbocycles. The Balaban J connectivity index is 1.72. The van der Waals surface area contributed by atoms with Gasteiger partial charge in [-0.3, -0.25) is 0 Å². The molecule has 0 bridgehead atoms. The molecule has 0 fully saturated rings. The molecule has 3 rings (SSSR count). The summed E-state index contributed by atoms with van der Waals surface area (Å²) in [5.41, 5.74) is 2.10. The number of rotatable bonds is 5. The second kappa shape index (κ2) is 5.80. The predicted octanol–water partition coefficient (Wildman–Crippen LogP) is 3.21. The number of ether oxygens (including phenoxy) is 1. The van der Waals surface area contributed by atoms with Crippen LogP contribution in [0.2, 0.25) is 0 Å². The topological polar surface area (TPSA) is 34.4 Å². The number of fused-ring (bicyclic) bond motifs is 1. The van der Waals surface area contributed by atoms with Gasteiger partial charge in [0.1, 0.15) is 12.4 Å². The molecular weight excluding hydrogens is 250 g/mol. The first-order chi connectivity index (χ1) is 9.88. The van der Waals surface area contributed by atoms with Gasteiger partial charge in [-0.05, 0) is 29.8 Å². The molecular formula is C17H17NO2. The number of nitrogens with zero attached hydrogens (tertiary/aromatic N) is 1. The number of benzene rings is 2. The molecule has 0 aliphatic carbocycles. The van der Waals surface area contributed by atoms with Crippen LogP contribution in [0.1, 0.15) is 5.56 Å². The number of para-hydroxylation sites is 1. The number of hydrogen-bond donors (Lipinski definition) is 1. The molecule has 1 aromatic heterocycles. The van der Waals surface area contributed by atoms with E-state index in [2.05, 4.69) is 10.6 Å². The quantitative estimate of drug-likeness (QED) is 0.770. The van der Waals surface area contributed by atoms with Crippen LogP contribution in [0.3, 0.4) is 0 Å². The van der Waals surface area contributed by atoms with Crippen molar-refractivity contribution in [2.75, 3.05) is 6.61 Å². The molecule has 0 saturated heterocycles. The molecule has 3 nitrogen and oxygen atoms in total. The van der Waals surface area contributed by atoms with Gasteiger partial charge in [0.05, 0.1) is 13.2 Å². The lowest BCUT2D eigenvalue weighted by Crippen LogP contribution is -2.07. The summed E-state index contributed by atoms with van der Waals surface area (Å²) >= 11 is 0. The lowest BCUT2D eigenvalue weighted by Gasteiger charge is -2.08. The van der Waals surface area contributed by atoms with Gasteiger partial charge >= 0.3 is 0 Å². The zero-order valence-corrected chi connectivity index (χ0v) is 11.2. The monoisotopic (exact) mass is 267 g/mol. The highest BCUT2D eigenvalue weighted by Crippen LogP contribution is 2.20. The van der Waals surface area contributed by atoms with E-state index in [0.29, 0.717) is 6.61 Å². The van der Waals surface area contributed by atoms with Crippen LogP contribution in [0.25, 0.3) is 10.9 Å². The molecule has 102 valence electrons. The Morgan fingerprint density at radius 3 is 2.60 bits per heavy atom. The van der Waals surface area contributed by atoms with Crippen LogP contribution in [-0.4, -0.2) is 16.3 Å². The molecule has 2 aromatic carbocycles. The average Bonchev–Trinajstić information content (AvgIpc) is 2.92. The third kappa shape index (κ3) is 2.53. The number of aliphatic hydroxyl groups is 1. The highest BCUT2D eigenvalue weighted by molar-refractivity contribution is 5.83. The summed E-state index contributed by atoms with van der Waals surface area (Å²) in [6.07, 6.45) is 2.04. The minimum absolute atomic E-state index is 0.0713. The largest absolute Gasteiger partial charge is 0.492 e. The van der Waals surface area contributed by atoms with Crippen LogP contribution in [-0.2, 0) is 13.2 Å². The molecule has 0 spiro atoms. The molecule has 20 heavy (non-hydrogen) atoms. The third-order valence-electron chi connectivity index (χ3n) is 3.42. The van der Waals surface area contributed by atoms with Gasteiger partial charge in [0, 0.05) is 17.1 Å². The van der Waals surface area contributed by atoms with Crippen molar-refractivity contribution in [3.05, 3.63) is 66.4 Å². The Morgan fingerprint density at radius 2 is 1.80 bits per heavy atom. The minimum Gasteiger partial charge on any atom is -0.492 e. The van der Waals surface area contributed by atoms with E-state index in [1.165, 1.54) is 0 Å². The van der Waals surface area contributed by atoms with Crippen molar-refractivity contribution in [1.82, 2.24) is 4.57 Å². The summed E-state index contributed by atoms with van der Waals surface area (Å²) in [5, 5.41) is 10.4. The summed E-state index contributed by atoms with van der Waals surface area (Å²) in [5.74, 6) is 0.889. The second-order valence-corrected chi connectivity index (χ2v) is 4.68. The van der Waals surface area contributed by atoms with Crippen LogP contribution >= 0.6 is 0 Å². The van der Waals surface area contributed by atoms with Gasteiger partial charge in [-0.15, -0.1) is 0 Å². The van der Waals surface area contributed by atoms with Crippen molar-refractivity contribution in [2.45, 2.75) is 13.2 Å². The molecule has 0 radical (unpaired) electrons. The summed E-state index contributed by atoms with van der Waals surface area (Å²) in [6, 6.07) is 17.9. The maximum Gasteiger partial charge on any atom is 0.119 e. The van der Waals surface area contributed by atoms with Crippen molar-refractivity contribution in [1.29, 1.82) is 0 Å². The smallest absolute Gasteiger partial charge is 0.119 e. The minimum atomic E-state index is 0.0713.